The van der Waals surface area contributed by atoms with Gasteiger partial charge in [0.05, 0.1) is 18.1 Å². The van der Waals surface area contributed by atoms with Crippen LogP contribution in [0, 0.1) is 5.92 Å². The van der Waals surface area contributed by atoms with Crippen LogP contribution in [0.5, 0.6) is 0 Å². The number of nitrogens with one attached hydrogen (secondary N) is 1. The molecule has 0 aliphatic carbocycles. The number of rotatable bonds is 5. The maximum absolute atomic E-state index is 12.0. The minimum Gasteiger partial charge on any atom is -0.413 e. The first kappa shape index (κ1) is 18.0. The van der Waals surface area contributed by atoms with Crippen LogP contribution in [0.3, 0.4) is 0 Å². The molecule has 1 aliphatic rings. The van der Waals surface area contributed by atoms with E-state index in [9.17, 15) is 4.79 Å². The van der Waals surface area contributed by atoms with Gasteiger partial charge in [-0.15, -0.1) is 0 Å². The first-order chi connectivity index (χ1) is 10.6. The number of hydrogen-bond donors (Lipinski definition) is 1. The van der Waals surface area contributed by atoms with E-state index >= 15 is 0 Å². The van der Waals surface area contributed by atoms with Crippen molar-refractivity contribution in [1.82, 2.24) is 5.32 Å². The van der Waals surface area contributed by atoms with Crippen molar-refractivity contribution in [3.63, 3.8) is 0 Å². The van der Waals surface area contributed by atoms with Gasteiger partial charge in [-0.25, -0.2) is 0 Å². The van der Waals surface area contributed by atoms with Crippen LogP contribution < -0.4 is 5.32 Å². The van der Waals surface area contributed by atoms with Crippen LogP contribution in [-0.2, 0) is 9.22 Å². The Balaban J connectivity index is 2.03. The van der Waals surface area contributed by atoms with E-state index in [1.54, 1.807) is 0 Å². The number of β-lactam (4-membered cyclic amide) rings is 1. The molecule has 1 N–H and O–H groups in total. The molecule has 4 heteroatoms. The summed E-state index contributed by atoms with van der Waals surface area (Å²) < 4.78 is 6.40. The van der Waals surface area contributed by atoms with Crippen molar-refractivity contribution in [2.75, 3.05) is 0 Å². The Hall–Kier alpha value is -1.39. The zero-order valence-electron chi connectivity index (χ0n) is 15.1. The average molecular weight is 332 g/mol. The number of carbonyl (C=O) groups excluding carboxylic acids is 1. The molecule has 1 saturated heterocycles. The van der Waals surface area contributed by atoms with Gasteiger partial charge in [-0.3, -0.25) is 4.79 Å². The molecule has 3 nitrogen and oxygen atoms in total. The lowest BCUT2D eigenvalue weighted by atomic mass is 9.85. The molecule has 1 aromatic rings. The number of carbonyl (C=O) groups is 1. The monoisotopic (exact) mass is 331 g/mol. The maximum atomic E-state index is 12.0. The maximum Gasteiger partial charge on any atom is 0.228 e. The standard InChI is InChI=1S/C19H29NO2Si/c1-14(22-23(5,6)19(2,3)4)17-16(20-18(17)21)13-12-15-10-8-7-9-11-15/h7-14,16-17H,1-6H3,(H,20,21)/b13-12+/t14-,16-,17+/m0/s1. The quantitative estimate of drug-likeness (QED) is 0.648. The van der Waals surface area contributed by atoms with E-state index in [0.29, 0.717) is 0 Å². The molecule has 0 spiro atoms. The van der Waals surface area contributed by atoms with Crippen molar-refractivity contribution in [2.24, 2.45) is 5.92 Å². The summed E-state index contributed by atoms with van der Waals surface area (Å²) in [5.74, 6) is 0.00279. The van der Waals surface area contributed by atoms with Crippen LogP contribution in [0.15, 0.2) is 36.4 Å². The molecule has 2 rings (SSSR count). The minimum absolute atomic E-state index is 0.0578. The van der Waals surface area contributed by atoms with Gasteiger partial charge in [0.25, 0.3) is 0 Å². The van der Waals surface area contributed by atoms with Crippen molar-refractivity contribution >= 4 is 20.3 Å². The molecule has 0 aromatic heterocycles. The third kappa shape index (κ3) is 4.12. The van der Waals surface area contributed by atoms with Gasteiger partial charge in [0.2, 0.25) is 5.91 Å². The van der Waals surface area contributed by atoms with Crippen LogP contribution in [0.1, 0.15) is 33.3 Å². The van der Waals surface area contributed by atoms with Crippen LogP contribution in [0.2, 0.25) is 18.1 Å². The second-order valence-electron chi connectivity index (χ2n) is 7.91. The normalized spacial score (nSPS) is 23.5. The van der Waals surface area contributed by atoms with Gasteiger partial charge in [-0.1, -0.05) is 63.3 Å². The smallest absolute Gasteiger partial charge is 0.228 e. The topological polar surface area (TPSA) is 38.3 Å². The fourth-order valence-corrected chi connectivity index (χ4v) is 4.01. The van der Waals surface area contributed by atoms with Crippen LogP contribution in [-0.4, -0.2) is 26.4 Å². The highest BCUT2D eigenvalue weighted by atomic mass is 28.4. The Morgan fingerprint density at radius 3 is 2.35 bits per heavy atom. The largest absolute Gasteiger partial charge is 0.413 e. The average Bonchev–Trinajstić information content (AvgIpc) is 2.42. The molecule has 3 atom stereocenters. The van der Waals surface area contributed by atoms with Crippen molar-refractivity contribution in [2.45, 2.75) is 58.0 Å². The Bertz CT molecular complexity index is 575. The predicted molar refractivity (Wildman–Crippen MR) is 98.6 cm³/mol. The molecule has 0 radical (unpaired) electrons. The number of amides is 1. The van der Waals surface area contributed by atoms with Gasteiger partial charge in [-0.05, 0) is 30.6 Å². The molecule has 1 amide bonds. The van der Waals surface area contributed by atoms with Gasteiger partial charge in [-0.2, -0.15) is 0 Å². The van der Waals surface area contributed by atoms with E-state index in [0.717, 1.165) is 5.56 Å². The lowest BCUT2D eigenvalue weighted by molar-refractivity contribution is -0.137. The first-order valence-corrected chi connectivity index (χ1v) is 11.2. The Morgan fingerprint density at radius 1 is 1.22 bits per heavy atom. The fourth-order valence-electron chi connectivity index (χ4n) is 2.58. The third-order valence-corrected chi connectivity index (χ3v) is 9.66. The van der Waals surface area contributed by atoms with Crippen LogP contribution >= 0.6 is 0 Å². The molecule has 0 unspecified atom stereocenters. The van der Waals surface area contributed by atoms with Crippen molar-refractivity contribution in [3.05, 3.63) is 42.0 Å². The van der Waals surface area contributed by atoms with Gasteiger partial charge < -0.3 is 9.74 Å². The second-order valence-corrected chi connectivity index (χ2v) is 12.7. The highest BCUT2D eigenvalue weighted by Crippen LogP contribution is 2.39. The fraction of sp³-hybridized carbons (Fsp3) is 0.526. The molecule has 126 valence electrons. The molecule has 0 saturated carbocycles. The molecule has 1 heterocycles. The number of benzene rings is 1. The van der Waals surface area contributed by atoms with Crippen molar-refractivity contribution in [1.29, 1.82) is 0 Å². The molecule has 1 aromatic carbocycles. The van der Waals surface area contributed by atoms with E-state index in [-0.39, 0.29) is 29.0 Å². The van der Waals surface area contributed by atoms with Gasteiger partial charge >= 0.3 is 0 Å². The first-order valence-electron chi connectivity index (χ1n) is 8.33. The summed E-state index contributed by atoms with van der Waals surface area (Å²) in [6.07, 6.45) is 4.08. The zero-order valence-corrected chi connectivity index (χ0v) is 16.1. The zero-order chi connectivity index (χ0) is 17.3. The summed E-state index contributed by atoms with van der Waals surface area (Å²) in [5, 5.41) is 3.13. The Kier molecular flexibility index (Phi) is 5.16. The second kappa shape index (κ2) is 6.61. The molecule has 0 bridgehead atoms. The van der Waals surface area contributed by atoms with E-state index in [1.807, 2.05) is 25.1 Å². The van der Waals surface area contributed by atoms with Gasteiger partial charge in [0, 0.05) is 0 Å². The highest BCUT2D eigenvalue weighted by Gasteiger charge is 2.46. The lowest BCUT2D eigenvalue weighted by Gasteiger charge is -2.44. The molecule has 1 fully saturated rings. The lowest BCUT2D eigenvalue weighted by Crippen LogP contribution is -2.62. The van der Waals surface area contributed by atoms with E-state index in [2.05, 4.69) is 63.5 Å². The van der Waals surface area contributed by atoms with Crippen molar-refractivity contribution in [3.8, 4) is 0 Å². The van der Waals surface area contributed by atoms with Gasteiger partial charge in [0.1, 0.15) is 0 Å². The molecule has 23 heavy (non-hydrogen) atoms. The van der Waals surface area contributed by atoms with Crippen LogP contribution in [0.25, 0.3) is 6.08 Å². The molecule has 1 aliphatic heterocycles. The third-order valence-electron chi connectivity index (χ3n) is 5.09. The summed E-state index contributed by atoms with van der Waals surface area (Å²) in [4.78, 5) is 12.0. The summed E-state index contributed by atoms with van der Waals surface area (Å²) >= 11 is 0. The minimum atomic E-state index is -1.86. The summed E-state index contributed by atoms with van der Waals surface area (Å²) in [6.45, 7) is 13.2. The Labute approximate surface area is 141 Å². The summed E-state index contributed by atoms with van der Waals surface area (Å²) in [5.41, 5.74) is 1.14. The number of hydrogen-bond acceptors (Lipinski definition) is 2. The van der Waals surface area contributed by atoms with E-state index in [1.165, 1.54) is 0 Å². The van der Waals surface area contributed by atoms with E-state index < -0.39 is 8.32 Å². The highest BCUT2D eigenvalue weighted by molar-refractivity contribution is 6.74. The van der Waals surface area contributed by atoms with Crippen LogP contribution in [0.4, 0.5) is 0 Å². The van der Waals surface area contributed by atoms with Crippen molar-refractivity contribution < 1.29 is 9.22 Å². The van der Waals surface area contributed by atoms with Gasteiger partial charge in [0.15, 0.2) is 8.32 Å². The summed E-state index contributed by atoms with van der Waals surface area (Å²) in [6, 6.07) is 10.2. The molecular formula is C19H29NO2Si. The predicted octanol–water partition coefficient (Wildman–Crippen LogP) is 4.22. The Morgan fingerprint density at radius 2 is 1.83 bits per heavy atom. The summed E-state index contributed by atoms with van der Waals surface area (Å²) in [7, 11) is -1.86. The molecular weight excluding hydrogens is 302 g/mol. The van der Waals surface area contributed by atoms with E-state index in [4.69, 9.17) is 4.43 Å². The SMILES string of the molecule is C[C@H](O[Si](C)(C)C(C)(C)C)[C@H]1C(=O)N[C@H]1/C=C/c1ccccc1.